The van der Waals surface area contributed by atoms with Crippen LogP contribution in [0.4, 0.5) is 18.9 Å². The number of nitrogens with zero attached hydrogens (tertiary/aromatic N) is 1. The molecule has 1 amide bonds. The van der Waals surface area contributed by atoms with Crippen LogP contribution in [0.3, 0.4) is 0 Å². The molecule has 0 aliphatic rings. The number of nitrogens with one attached hydrogen (secondary N) is 1. The molecular weight excluding hydrogens is 425 g/mol. The minimum atomic E-state index is -4.79. The Balaban J connectivity index is 3.32. The fourth-order valence-electron chi connectivity index (χ4n) is 2.37. The molecule has 0 fully saturated rings. The van der Waals surface area contributed by atoms with Crippen molar-refractivity contribution in [1.82, 2.24) is 5.32 Å². The molecule has 0 spiro atoms. The maximum Gasteiger partial charge on any atom is 0.407 e. The molecule has 0 bridgehead atoms. The van der Waals surface area contributed by atoms with Crippen molar-refractivity contribution in [3.63, 3.8) is 0 Å². The summed E-state index contributed by atoms with van der Waals surface area (Å²) in [5.74, 6) is -0.916. The molecule has 1 unspecified atom stereocenters. The normalized spacial score (nSPS) is 14.5. The maximum atomic E-state index is 13.3. The van der Waals surface area contributed by atoms with Gasteiger partial charge in [0.25, 0.3) is 16.0 Å². The number of amides is 1. The first-order valence-electron chi connectivity index (χ1n) is 9.01. The second-order valence-corrected chi connectivity index (χ2v) is 9.20. The van der Waals surface area contributed by atoms with Gasteiger partial charge in [-0.3, -0.25) is 8.98 Å². The number of benzene rings is 1. The van der Waals surface area contributed by atoms with Crippen LogP contribution < -0.4 is 10.1 Å². The molecule has 7 nitrogen and oxygen atoms in total. The highest BCUT2D eigenvalue weighted by atomic mass is 32.2. The maximum absolute atomic E-state index is 13.3. The van der Waals surface area contributed by atoms with E-state index in [1.165, 1.54) is 13.8 Å². The highest BCUT2D eigenvalue weighted by molar-refractivity contribution is 7.85. The van der Waals surface area contributed by atoms with Crippen LogP contribution in [0, 0.1) is 12.0 Å². The van der Waals surface area contributed by atoms with Gasteiger partial charge < -0.3 is 10.1 Å². The second kappa shape index (κ2) is 9.66. The van der Waals surface area contributed by atoms with E-state index >= 15 is 0 Å². The van der Waals surface area contributed by atoms with Gasteiger partial charge in [-0.15, -0.1) is 0 Å². The minimum Gasteiger partial charge on any atom is -0.480 e. The molecule has 0 aromatic heterocycles. The van der Waals surface area contributed by atoms with E-state index < -0.39 is 51.6 Å². The number of carbonyl (C=O) groups is 1. The standard InChI is InChI=1S/C19H25F3N2O5S/c1-7-12(2)24-17(25)16(18(3,4)11-28-30(6,26)27)29-13-8-9-15(23-5)14(10-13)19(20,21)22/h8-10,12,16H,7,11H2,1-4,6H3,(H,24,25)/t12-,16?/m0/s1. The summed E-state index contributed by atoms with van der Waals surface area (Å²) in [4.78, 5) is 15.6. The summed E-state index contributed by atoms with van der Waals surface area (Å²) >= 11 is 0. The zero-order valence-corrected chi connectivity index (χ0v) is 18.1. The number of ether oxygens (including phenoxy) is 1. The second-order valence-electron chi connectivity index (χ2n) is 7.56. The fourth-order valence-corrected chi connectivity index (χ4v) is 2.89. The molecule has 2 atom stereocenters. The first-order chi connectivity index (χ1) is 13.6. The zero-order chi connectivity index (χ0) is 23.3. The van der Waals surface area contributed by atoms with Crippen molar-refractivity contribution in [3.05, 3.63) is 35.2 Å². The Kier molecular flexibility index (Phi) is 8.28. The van der Waals surface area contributed by atoms with Gasteiger partial charge in [-0.05, 0) is 25.5 Å². The molecule has 0 saturated heterocycles. The van der Waals surface area contributed by atoms with Crippen LogP contribution in [0.25, 0.3) is 4.85 Å². The lowest BCUT2D eigenvalue weighted by molar-refractivity contribution is -0.137. The third-order valence-electron chi connectivity index (χ3n) is 4.24. The summed E-state index contributed by atoms with van der Waals surface area (Å²) in [6.07, 6.45) is -4.72. The Morgan fingerprint density at radius 3 is 2.37 bits per heavy atom. The van der Waals surface area contributed by atoms with E-state index in [0.29, 0.717) is 12.5 Å². The monoisotopic (exact) mass is 450 g/mol. The summed E-state index contributed by atoms with van der Waals surface area (Å²) in [6.45, 7) is 13.0. The van der Waals surface area contributed by atoms with Crippen molar-refractivity contribution in [2.45, 2.75) is 52.4 Å². The molecule has 0 heterocycles. The summed E-state index contributed by atoms with van der Waals surface area (Å²) < 4.78 is 72.9. The molecule has 11 heteroatoms. The molecule has 1 N–H and O–H groups in total. The summed E-state index contributed by atoms with van der Waals surface area (Å²) in [6, 6.07) is 2.50. The van der Waals surface area contributed by atoms with E-state index in [1.54, 1.807) is 6.92 Å². The average Bonchev–Trinajstić information content (AvgIpc) is 2.62. The molecular formula is C19H25F3N2O5S. The van der Waals surface area contributed by atoms with Crippen LogP contribution >= 0.6 is 0 Å². The Bertz CT molecular complexity index is 908. The predicted octanol–water partition coefficient (Wildman–Crippen LogP) is 3.92. The minimum absolute atomic E-state index is 0.245. The van der Waals surface area contributed by atoms with E-state index in [4.69, 9.17) is 15.5 Å². The van der Waals surface area contributed by atoms with E-state index in [1.807, 2.05) is 6.92 Å². The molecule has 0 radical (unpaired) electrons. The SMILES string of the molecule is [C-]#[N+]c1ccc(OC(C(=O)N[C@@H](C)CC)C(C)(C)COS(C)(=O)=O)cc1C(F)(F)F. The van der Waals surface area contributed by atoms with Crippen LogP contribution in [-0.4, -0.2) is 39.3 Å². The van der Waals surface area contributed by atoms with Crippen molar-refractivity contribution in [1.29, 1.82) is 0 Å². The van der Waals surface area contributed by atoms with Crippen molar-refractivity contribution in [3.8, 4) is 5.75 Å². The quantitative estimate of drug-likeness (QED) is 0.455. The van der Waals surface area contributed by atoms with Gasteiger partial charge in [0.2, 0.25) is 0 Å². The lowest BCUT2D eigenvalue weighted by Gasteiger charge is -2.33. The molecule has 30 heavy (non-hydrogen) atoms. The highest BCUT2D eigenvalue weighted by Crippen LogP contribution is 2.39. The molecule has 1 rings (SSSR count). The Hall–Kier alpha value is -2.32. The number of hydrogen-bond acceptors (Lipinski definition) is 5. The van der Waals surface area contributed by atoms with Crippen LogP contribution in [0.5, 0.6) is 5.75 Å². The number of rotatable bonds is 9. The fraction of sp³-hybridized carbons (Fsp3) is 0.579. The van der Waals surface area contributed by atoms with Gasteiger partial charge in [0.05, 0.1) is 25.0 Å². The average molecular weight is 450 g/mol. The van der Waals surface area contributed by atoms with E-state index in [9.17, 15) is 26.4 Å². The number of alkyl halides is 3. The summed E-state index contributed by atoms with van der Waals surface area (Å²) in [5, 5.41) is 2.68. The first kappa shape index (κ1) is 25.7. The van der Waals surface area contributed by atoms with Crippen LogP contribution in [0.1, 0.15) is 39.7 Å². The zero-order valence-electron chi connectivity index (χ0n) is 17.3. The summed E-state index contributed by atoms with van der Waals surface area (Å²) in [5.41, 5.74) is -3.02. The largest absolute Gasteiger partial charge is 0.480 e. The predicted molar refractivity (Wildman–Crippen MR) is 105 cm³/mol. The van der Waals surface area contributed by atoms with Gasteiger partial charge in [-0.1, -0.05) is 26.8 Å². The van der Waals surface area contributed by atoms with Crippen molar-refractivity contribution < 1.29 is 35.3 Å². The van der Waals surface area contributed by atoms with Gasteiger partial charge in [0.1, 0.15) is 5.75 Å². The first-order valence-corrected chi connectivity index (χ1v) is 10.8. The van der Waals surface area contributed by atoms with Crippen molar-refractivity contribution >= 4 is 21.7 Å². The van der Waals surface area contributed by atoms with Gasteiger partial charge in [0, 0.05) is 11.5 Å². The highest BCUT2D eigenvalue weighted by Gasteiger charge is 2.40. The smallest absolute Gasteiger partial charge is 0.407 e. The van der Waals surface area contributed by atoms with E-state index in [-0.39, 0.29) is 11.8 Å². The third kappa shape index (κ3) is 7.50. The van der Waals surface area contributed by atoms with Gasteiger partial charge in [-0.2, -0.15) is 21.6 Å². The topological polar surface area (TPSA) is 86.1 Å². The van der Waals surface area contributed by atoms with Crippen molar-refractivity contribution in [2.75, 3.05) is 12.9 Å². The molecule has 0 aliphatic carbocycles. The Labute approximate surface area is 174 Å². The Morgan fingerprint density at radius 2 is 1.90 bits per heavy atom. The van der Waals surface area contributed by atoms with E-state index in [0.717, 1.165) is 18.4 Å². The number of carbonyl (C=O) groups excluding carboxylic acids is 1. The van der Waals surface area contributed by atoms with Gasteiger partial charge in [0.15, 0.2) is 11.8 Å². The van der Waals surface area contributed by atoms with Crippen LogP contribution in [-0.2, 0) is 25.3 Å². The van der Waals surface area contributed by atoms with E-state index in [2.05, 4.69) is 10.2 Å². The van der Waals surface area contributed by atoms with Crippen LogP contribution in [0.15, 0.2) is 18.2 Å². The molecule has 0 saturated carbocycles. The molecule has 0 aliphatic heterocycles. The summed E-state index contributed by atoms with van der Waals surface area (Å²) in [7, 11) is -3.82. The molecule has 168 valence electrons. The molecule has 1 aromatic carbocycles. The number of hydrogen-bond donors (Lipinski definition) is 1. The Morgan fingerprint density at radius 1 is 1.30 bits per heavy atom. The third-order valence-corrected chi connectivity index (χ3v) is 4.79. The van der Waals surface area contributed by atoms with Crippen molar-refractivity contribution in [2.24, 2.45) is 5.41 Å². The van der Waals surface area contributed by atoms with Crippen LogP contribution in [0.2, 0.25) is 0 Å². The lowest BCUT2D eigenvalue weighted by atomic mass is 9.86. The van der Waals surface area contributed by atoms with Gasteiger partial charge in [-0.25, -0.2) is 4.85 Å². The molecule has 1 aromatic rings. The lowest BCUT2D eigenvalue weighted by Crippen LogP contribution is -2.51. The van der Waals surface area contributed by atoms with Gasteiger partial charge >= 0.3 is 6.18 Å². The number of halogens is 3.